The van der Waals surface area contributed by atoms with Crippen LogP contribution in [0.2, 0.25) is 15.2 Å². The zero-order valence-electron chi connectivity index (χ0n) is 17.5. The van der Waals surface area contributed by atoms with Crippen LogP contribution in [0.25, 0.3) is 0 Å². The van der Waals surface area contributed by atoms with Gasteiger partial charge in [-0.3, -0.25) is 9.59 Å². The van der Waals surface area contributed by atoms with Gasteiger partial charge >= 0.3 is 0 Å². The highest BCUT2D eigenvalue weighted by Gasteiger charge is 2.31. The predicted molar refractivity (Wildman–Crippen MR) is 127 cm³/mol. The maximum Gasteiger partial charge on any atom is 0.258 e. The lowest BCUT2D eigenvalue weighted by Crippen LogP contribution is -2.40. The van der Waals surface area contributed by atoms with Crippen LogP contribution in [0, 0.1) is 12.8 Å². The number of rotatable bonds is 5. The van der Waals surface area contributed by atoms with Crippen molar-refractivity contribution in [3.05, 3.63) is 86.1 Å². The van der Waals surface area contributed by atoms with Crippen molar-refractivity contribution in [3.63, 3.8) is 0 Å². The number of halogens is 3. The van der Waals surface area contributed by atoms with Gasteiger partial charge in [0.25, 0.3) is 5.91 Å². The third-order valence-electron chi connectivity index (χ3n) is 5.81. The summed E-state index contributed by atoms with van der Waals surface area (Å²) >= 11 is 18.6. The molecular weight excluding hydrogens is 469 g/mol. The normalized spacial score (nSPS) is 14.6. The average Bonchev–Trinajstić information content (AvgIpc) is 3.08. The van der Waals surface area contributed by atoms with Gasteiger partial charge in [-0.2, -0.15) is 5.10 Å². The monoisotopic (exact) mass is 489 g/mol. The fourth-order valence-electron chi connectivity index (χ4n) is 4.05. The molecule has 2 heterocycles. The minimum atomic E-state index is -0.159. The molecule has 1 amide bonds. The molecule has 1 aliphatic rings. The van der Waals surface area contributed by atoms with E-state index < -0.39 is 0 Å². The number of ketones is 1. The van der Waals surface area contributed by atoms with Crippen LogP contribution in [0.15, 0.2) is 48.5 Å². The first-order chi connectivity index (χ1) is 15.3. The van der Waals surface area contributed by atoms with Gasteiger partial charge < -0.3 is 4.90 Å². The highest BCUT2D eigenvalue weighted by Crippen LogP contribution is 2.29. The van der Waals surface area contributed by atoms with Crippen LogP contribution in [0.1, 0.15) is 44.8 Å². The molecule has 1 saturated heterocycles. The van der Waals surface area contributed by atoms with E-state index in [0.717, 1.165) is 5.56 Å². The summed E-state index contributed by atoms with van der Waals surface area (Å²) < 4.78 is 1.65. The SMILES string of the molecule is Cc1nn(Cc2ccccc2)c(Cl)c1C(=O)N1CCC(C(=O)c2ccc(Cl)c(Cl)c2)CC1. The predicted octanol–water partition coefficient (Wildman–Crippen LogP) is 5.94. The first-order valence-corrected chi connectivity index (χ1v) is 11.5. The number of hydrogen-bond acceptors (Lipinski definition) is 3. The van der Waals surface area contributed by atoms with Gasteiger partial charge in [0.2, 0.25) is 0 Å². The van der Waals surface area contributed by atoms with Crippen LogP contribution in [0.5, 0.6) is 0 Å². The standard InChI is InChI=1S/C24H22Cl3N3O2/c1-15-21(23(27)30(28-15)14-16-5-3-2-4-6-16)24(32)29-11-9-17(10-12-29)22(31)18-7-8-19(25)20(26)13-18/h2-8,13,17H,9-12,14H2,1H3. The molecule has 0 saturated carbocycles. The van der Waals surface area contributed by atoms with Gasteiger partial charge in [0.15, 0.2) is 5.78 Å². The topological polar surface area (TPSA) is 55.2 Å². The van der Waals surface area contributed by atoms with E-state index in [2.05, 4.69) is 5.10 Å². The first kappa shape index (κ1) is 22.8. The van der Waals surface area contributed by atoms with E-state index in [4.69, 9.17) is 34.8 Å². The lowest BCUT2D eigenvalue weighted by Gasteiger charge is -2.31. The summed E-state index contributed by atoms with van der Waals surface area (Å²) in [6.07, 6.45) is 1.17. The molecule has 8 heteroatoms. The Hall–Kier alpha value is -2.34. The third-order valence-corrected chi connectivity index (χ3v) is 6.93. The Balaban J connectivity index is 1.43. The van der Waals surface area contributed by atoms with Crippen LogP contribution < -0.4 is 0 Å². The van der Waals surface area contributed by atoms with Gasteiger partial charge in [-0.05, 0) is 43.5 Å². The van der Waals surface area contributed by atoms with Gasteiger partial charge in [0.05, 0.1) is 27.8 Å². The molecule has 2 aromatic carbocycles. The Labute approximate surface area is 201 Å². The third kappa shape index (κ3) is 4.70. The summed E-state index contributed by atoms with van der Waals surface area (Å²) in [5.74, 6) is -0.276. The maximum atomic E-state index is 13.2. The Bertz CT molecular complexity index is 1150. The molecular formula is C24H22Cl3N3O2. The first-order valence-electron chi connectivity index (χ1n) is 10.4. The number of hydrogen-bond donors (Lipinski definition) is 0. The minimum Gasteiger partial charge on any atom is -0.338 e. The van der Waals surface area contributed by atoms with Gasteiger partial charge in [-0.25, -0.2) is 4.68 Å². The van der Waals surface area contributed by atoms with E-state index in [1.54, 1.807) is 34.7 Å². The number of carbonyl (C=O) groups excluding carboxylic acids is 2. The number of benzene rings is 2. The van der Waals surface area contributed by atoms with E-state index in [-0.39, 0.29) is 17.6 Å². The quantitative estimate of drug-likeness (QED) is 0.416. The summed E-state index contributed by atoms with van der Waals surface area (Å²) in [6.45, 7) is 3.25. The molecule has 166 valence electrons. The largest absolute Gasteiger partial charge is 0.338 e. The lowest BCUT2D eigenvalue weighted by molar-refractivity contribution is 0.0650. The van der Waals surface area contributed by atoms with Crippen LogP contribution in [0.3, 0.4) is 0 Å². The number of aryl methyl sites for hydroxylation is 1. The fraction of sp³-hybridized carbons (Fsp3) is 0.292. The molecule has 0 atom stereocenters. The van der Waals surface area contributed by atoms with Crippen LogP contribution >= 0.6 is 34.8 Å². The Morgan fingerprint density at radius 3 is 2.34 bits per heavy atom. The molecule has 5 nitrogen and oxygen atoms in total. The number of likely N-dealkylation sites (tertiary alicyclic amines) is 1. The lowest BCUT2D eigenvalue weighted by atomic mass is 9.88. The summed E-state index contributed by atoms with van der Waals surface area (Å²) in [7, 11) is 0. The molecule has 32 heavy (non-hydrogen) atoms. The Morgan fingerprint density at radius 2 is 1.69 bits per heavy atom. The average molecular weight is 491 g/mol. The molecule has 1 aromatic heterocycles. The van der Waals surface area contributed by atoms with E-state index in [1.807, 2.05) is 30.3 Å². The van der Waals surface area contributed by atoms with Crippen molar-refractivity contribution in [1.29, 1.82) is 0 Å². The molecule has 0 unspecified atom stereocenters. The van der Waals surface area contributed by atoms with Crippen molar-refractivity contribution in [3.8, 4) is 0 Å². The number of carbonyl (C=O) groups is 2. The van der Waals surface area contributed by atoms with Crippen molar-refractivity contribution < 1.29 is 9.59 Å². The second-order valence-corrected chi connectivity index (χ2v) is 9.13. The fourth-order valence-corrected chi connectivity index (χ4v) is 4.66. The van der Waals surface area contributed by atoms with Gasteiger partial charge in [-0.1, -0.05) is 65.1 Å². The van der Waals surface area contributed by atoms with E-state index in [0.29, 0.717) is 64.5 Å². The van der Waals surface area contributed by atoms with Crippen molar-refractivity contribution in [1.82, 2.24) is 14.7 Å². The van der Waals surface area contributed by atoms with Crippen LogP contribution in [0.4, 0.5) is 0 Å². The maximum absolute atomic E-state index is 13.2. The van der Waals surface area contributed by atoms with Crippen LogP contribution in [-0.4, -0.2) is 39.5 Å². The Morgan fingerprint density at radius 1 is 1.00 bits per heavy atom. The second-order valence-electron chi connectivity index (χ2n) is 7.95. The smallest absolute Gasteiger partial charge is 0.258 e. The van der Waals surface area contributed by atoms with E-state index >= 15 is 0 Å². The zero-order chi connectivity index (χ0) is 22.8. The molecule has 0 bridgehead atoms. The molecule has 4 rings (SSSR count). The highest BCUT2D eigenvalue weighted by atomic mass is 35.5. The summed E-state index contributed by atoms with van der Waals surface area (Å²) in [6, 6.07) is 14.8. The molecule has 0 spiro atoms. The summed E-state index contributed by atoms with van der Waals surface area (Å²) in [5.41, 5.74) is 2.63. The molecule has 0 radical (unpaired) electrons. The van der Waals surface area contributed by atoms with Crippen molar-refractivity contribution >= 4 is 46.5 Å². The van der Waals surface area contributed by atoms with Crippen LogP contribution in [-0.2, 0) is 6.54 Å². The number of nitrogens with zero attached hydrogens (tertiary/aromatic N) is 3. The van der Waals surface area contributed by atoms with Gasteiger partial charge in [0, 0.05) is 24.6 Å². The molecule has 1 fully saturated rings. The number of aromatic nitrogens is 2. The van der Waals surface area contributed by atoms with Crippen molar-refractivity contribution in [2.75, 3.05) is 13.1 Å². The molecule has 3 aromatic rings. The van der Waals surface area contributed by atoms with Crippen molar-refractivity contribution in [2.45, 2.75) is 26.3 Å². The number of Topliss-reactive ketones (excluding diaryl/α,β-unsaturated/α-hetero) is 1. The minimum absolute atomic E-state index is 0.0283. The zero-order valence-corrected chi connectivity index (χ0v) is 19.8. The summed E-state index contributed by atoms with van der Waals surface area (Å²) in [5, 5.41) is 5.60. The molecule has 1 aliphatic heterocycles. The Kier molecular flexibility index (Phi) is 6.89. The highest BCUT2D eigenvalue weighted by molar-refractivity contribution is 6.42. The number of piperidine rings is 1. The molecule has 0 N–H and O–H groups in total. The molecule has 0 aliphatic carbocycles. The summed E-state index contributed by atoms with van der Waals surface area (Å²) in [4.78, 5) is 27.8. The van der Waals surface area contributed by atoms with Gasteiger partial charge in [-0.15, -0.1) is 0 Å². The van der Waals surface area contributed by atoms with Crippen molar-refractivity contribution in [2.24, 2.45) is 5.92 Å². The van der Waals surface area contributed by atoms with E-state index in [9.17, 15) is 9.59 Å². The van der Waals surface area contributed by atoms with E-state index in [1.165, 1.54) is 0 Å². The van der Waals surface area contributed by atoms with Gasteiger partial charge in [0.1, 0.15) is 5.15 Å². The number of amides is 1. The second kappa shape index (κ2) is 9.65.